The van der Waals surface area contributed by atoms with Gasteiger partial charge in [-0.05, 0) is 119 Å². The van der Waals surface area contributed by atoms with Gasteiger partial charge in [0.15, 0.2) is 0 Å². The Hall–Kier alpha value is -2.30. The fourth-order valence-corrected chi connectivity index (χ4v) is 5.84. The van der Waals surface area contributed by atoms with Crippen molar-refractivity contribution < 1.29 is 9.47 Å². The molecule has 0 unspecified atom stereocenters. The second-order valence-electron chi connectivity index (χ2n) is 10.4. The fraction of sp³-hybridized carbons (Fsp3) is 0.548. The van der Waals surface area contributed by atoms with Crippen molar-refractivity contribution in [2.24, 2.45) is 0 Å². The minimum atomic E-state index is 0.770. The molecule has 2 aromatic rings. The van der Waals surface area contributed by atoms with E-state index in [1.54, 1.807) is 5.57 Å². The Bertz CT molecular complexity index is 863. The van der Waals surface area contributed by atoms with Gasteiger partial charge in [0.05, 0.1) is 0 Å². The zero-order chi connectivity index (χ0) is 23.7. The Morgan fingerprint density at radius 2 is 0.971 bits per heavy atom. The Balaban J connectivity index is 1.24. The summed E-state index contributed by atoms with van der Waals surface area (Å²) in [7, 11) is 0. The van der Waals surface area contributed by atoms with Crippen molar-refractivity contribution in [2.75, 3.05) is 52.5 Å². The van der Waals surface area contributed by atoms with Gasteiger partial charge in [-0.1, -0.05) is 36.3 Å². The molecular formula is C31H42N2O2. The smallest absolute Gasteiger partial charge is 0.119 e. The van der Waals surface area contributed by atoms with E-state index in [1.807, 2.05) is 0 Å². The summed E-state index contributed by atoms with van der Waals surface area (Å²) in [6.07, 6.45) is 11.7. The van der Waals surface area contributed by atoms with Gasteiger partial charge in [-0.15, -0.1) is 0 Å². The molecule has 0 radical (unpaired) electrons. The maximum atomic E-state index is 6.07. The van der Waals surface area contributed by atoms with Crippen LogP contribution >= 0.6 is 0 Å². The Kier molecular flexibility index (Phi) is 8.78. The third-order valence-corrected chi connectivity index (χ3v) is 7.85. The molecule has 1 saturated carbocycles. The summed E-state index contributed by atoms with van der Waals surface area (Å²) >= 11 is 0. The molecule has 0 amide bonds. The molecule has 2 heterocycles. The average molecular weight is 475 g/mol. The molecule has 0 N–H and O–H groups in total. The predicted molar refractivity (Wildman–Crippen MR) is 144 cm³/mol. The molecule has 35 heavy (non-hydrogen) atoms. The van der Waals surface area contributed by atoms with Crippen molar-refractivity contribution in [1.82, 2.24) is 9.80 Å². The molecule has 188 valence electrons. The Morgan fingerprint density at radius 3 is 1.40 bits per heavy atom. The van der Waals surface area contributed by atoms with E-state index in [0.29, 0.717) is 0 Å². The molecule has 0 aromatic heterocycles. The highest BCUT2D eigenvalue weighted by atomic mass is 16.5. The van der Waals surface area contributed by atoms with Crippen LogP contribution in [0.4, 0.5) is 0 Å². The van der Waals surface area contributed by atoms with Crippen molar-refractivity contribution in [1.29, 1.82) is 0 Å². The summed E-state index contributed by atoms with van der Waals surface area (Å²) in [4.78, 5) is 5.00. The Morgan fingerprint density at radius 1 is 0.543 bits per heavy atom. The van der Waals surface area contributed by atoms with Crippen LogP contribution in [0, 0.1) is 0 Å². The number of allylic oxidation sites excluding steroid dienone is 1. The lowest BCUT2D eigenvalue weighted by atomic mass is 9.85. The number of hydrogen-bond donors (Lipinski definition) is 0. The first kappa shape index (κ1) is 24.4. The lowest BCUT2D eigenvalue weighted by Crippen LogP contribution is -2.25. The van der Waals surface area contributed by atoms with Crippen LogP contribution in [-0.2, 0) is 0 Å². The highest BCUT2D eigenvalue weighted by Gasteiger charge is 2.16. The normalized spacial score (nSPS) is 19.3. The van der Waals surface area contributed by atoms with Gasteiger partial charge in [0.2, 0.25) is 0 Å². The summed E-state index contributed by atoms with van der Waals surface area (Å²) in [6, 6.07) is 17.6. The minimum absolute atomic E-state index is 0.770. The zero-order valence-electron chi connectivity index (χ0n) is 21.4. The number of nitrogens with zero attached hydrogens (tertiary/aromatic N) is 2. The standard InChI is InChI=1S/C31H42N2O2/c1-2-8-26(9-3-1)31(27-10-14-29(15-11-27)34-24-22-32-18-4-5-19-32)28-12-16-30(17-13-28)35-25-23-33-20-6-7-21-33/h10-17H,1-9,18-25H2. The first-order valence-electron chi connectivity index (χ1n) is 14.0. The summed E-state index contributed by atoms with van der Waals surface area (Å²) < 4.78 is 12.1. The largest absolute Gasteiger partial charge is 0.492 e. The average Bonchev–Trinajstić information content (AvgIpc) is 3.62. The molecule has 2 aliphatic heterocycles. The number of ether oxygens (including phenoxy) is 2. The molecule has 0 spiro atoms. The van der Waals surface area contributed by atoms with Crippen molar-refractivity contribution in [3.05, 3.63) is 65.2 Å². The van der Waals surface area contributed by atoms with Crippen LogP contribution in [0.1, 0.15) is 68.9 Å². The summed E-state index contributed by atoms with van der Waals surface area (Å²) in [5.74, 6) is 1.95. The molecule has 4 nitrogen and oxygen atoms in total. The maximum absolute atomic E-state index is 6.07. The molecule has 0 atom stereocenters. The molecule has 2 saturated heterocycles. The van der Waals surface area contributed by atoms with Crippen LogP contribution in [-0.4, -0.2) is 62.3 Å². The van der Waals surface area contributed by atoms with Gasteiger partial charge in [0, 0.05) is 13.1 Å². The number of hydrogen-bond acceptors (Lipinski definition) is 4. The topological polar surface area (TPSA) is 24.9 Å². The molecule has 0 bridgehead atoms. The SMILES string of the molecule is c1cc(C(=C2CCCCC2)c2ccc(OCCN3CCCC3)cc2)ccc1OCCN1CCCC1. The molecule has 3 fully saturated rings. The van der Waals surface area contributed by atoms with Crippen LogP contribution in [0.25, 0.3) is 5.57 Å². The number of rotatable bonds is 10. The van der Waals surface area contributed by atoms with Crippen molar-refractivity contribution in [2.45, 2.75) is 57.8 Å². The molecule has 3 aliphatic rings. The van der Waals surface area contributed by atoms with E-state index < -0.39 is 0 Å². The summed E-state index contributed by atoms with van der Waals surface area (Å²) in [5, 5.41) is 0. The third kappa shape index (κ3) is 6.89. The minimum Gasteiger partial charge on any atom is -0.492 e. The van der Waals surface area contributed by atoms with Crippen LogP contribution in [0.15, 0.2) is 54.1 Å². The predicted octanol–water partition coefficient (Wildman–Crippen LogP) is 6.40. The summed E-state index contributed by atoms with van der Waals surface area (Å²) in [6.45, 7) is 8.50. The van der Waals surface area contributed by atoms with Gasteiger partial charge in [-0.3, -0.25) is 9.80 Å². The van der Waals surface area contributed by atoms with E-state index in [4.69, 9.17) is 9.47 Å². The van der Waals surface area contributed by atoms with Crippen molar-refractivity contribution in [3.8, 4) is 11.5 Å². The number of likely N-dealkylation sites (tertiary alicyclic amines) is 2. The monoisotopic (exact) mass is 474 g/mol. The molecule has 5 rings (SSSR count). The van der Waals surface area contributed by atoms with E-state index in [0.717, 1.165) is 37.8 Å². The van der Waals surface area contributed by atoms with Crippen LogP contribution < -0.4 is 9.47 Å². The van der Waals surface area contributed by atoms with E-state index in [1.165, 1.54) is 101 Å². The van der Waals surface area contributed by atoms with Gasteiger partial charge < -0.3 is 9.47 Å². The van der Waals surface area contributed by atoms with Crippen LogP contribution in [0.2, 0.25) is 0 Å². The van der Waals surface area contributed by atoms with E-state index >= 15 is 0 Å². The first-order chi connectivity index (χ1) is 17.3. The fourth-order valence-electron chi connectivity index (χ4n) is 5.84. The molecular weight excluding hydrogens is 432 g/mol. The lowest BCUT2D eigenvalue weighted by molar-refractivity contribution is 0.237. The van der Waals surface area contributed by atoms with E-state index in [9.17, 15) is 0 Å². The zero-order valence-corrected chi connectivity index (χ0v) is 21.4. The van der Waals surface area contributed by atoms with Gasteiger partial charge in [0.1, 0.15) is 24.7 Å². The van der Waals surface area contributed by atoms with Crippen molar-refractivity contribution in [3.63, 3.8) is 0 Å². The highest BCUT2D eigenvalue weighted by Crippen LogP contribution is 2.36. The van der Waals surface area contributed by atoms with Gasteiger partial charge >= 0.3 is 0 Å². The van der Waals surface area contributed by atoms with E-state index in [2.05, 4.69) is 58.3 Å². The molecule has 4 heteroatoms. The summed E-state index contributed by atoms with van der Waals surface area (Å²) in [5.41, 5.74) is 5.62. The van der Waals surface area contributed by atoms with E-state index in [-0.39, 0.29) is 0 Å². The quantitative estimate of drug-likeness (QED) is 0.398. The molecule has 1 aliphatic carbocycles. The van der Waals surface area contributed by atoms with Gasteiger partial charge in [-0.25, -0.2) is 0 Å². The number of benzene rings is 2. The molecule has 2 aromatic carbocycles. The van der Waals surface area contributed by atoms with Crippen LogP contribution in [0.5, 0.6) is 11.5 Å². The Labute approximate surface area is 211 Å². The second-order valence-corrected chi connectivity index (χ2v) is 10.4. The highest BCUT2D eigenvalue weighted by molar-refractivity contribution is 5.82. The van der Waals surface area contributed by atoms with Gasteiger partial charge in [-0.2, -0.15) is 0 Å². The lowest BCUT2D eigenvalue weighted by Gasteiger charge is -2.21. The maximum Gasteiger partial charge on any atom is 0.119 e. The van der Waals surface area contributed by atoms with Crippen molar-refractivity contribution >= 4 is 5.57 Å². The van der Waals surface area contributed by atoms with Crippen LogP contribution in [0.3, 0.4) is 0 Å². The first-order valence-corrected chi connectivity index (χ1v) is 14.0. The second kappa shape index (κ2) is 12.6. The third-order valence-electron chi connectivity index (χ3n) is 7.85. The van der Waals surface area contributed by atoms with Gasteiger partial charge in [0.25, 0.3) is 0 Å².